The molecule has 0 aliphatic carbocycles. The molecule has 0 heterocycles. The maximum absolute atomic E-state index is 11.3. The average molecular weight is 278 g/mol. The quantitative estimate of drug-likeness (QED) is 0.654. The van der Waals surface area contributed by atoms with Gasteiger partial charge in [0.05, 0.1) is 5.56 Å². The van der Waals surface area contributed by atoms with Gasteiger partial charge in [-0.2, -0.15) is 0 Å². The van der Waals surface area contributed by atoms with Crippen LogP contribution in [0.15, 0.2) is 36.4 Å². The molecule has 0 amide bonds. The van der Waals surface area contributed by atoms with Crippen molar-refractivity contribution < 1.29 is 9.90 Å². The maximum Gasteiger partial charge on any atom is 0.336 e. The van der Waals surface area contributed by atoms with Crippen LogP contribution in [0.4, 0.5) is 0 Å². The molecule has 2 rings (SSSR count). The molecule has 0 spiro atoms. The summed E-state index contributed by atoms with van der Waals surface area (Å²) in [4.78, 5) is 11.3. The standard InChI is InChI=1S/C14H14O2S2/c1-9(18-17)6-10-7-11-4-2-3-5-12(11)13(8-10)14(15)16/h2-5,7-9,17H,6H2,1H3,(H,15,16). The number of hydrogen-bond acceptors (Lipinski definition) is 3. The van der Waals surface area contributed by atoms with Crippen molar-refractivity contribution in [3.8, 4) is 0 Å². The molecule has 0 aromatic heterocycles. The lowest BCUT2D eigenvalue weighted by Crippen LogP contribution is -2.03. The Balaban J connectivity index is 2.54. The molecule has 0 bridgehead atoms. The van der Waals surface area contributed by atoms with E-state index in [1.807, 2.05) is 24.3 Å². The summed E-state index contributed by atoms with van der Waals surface area (Å²) in [5.41, 5.74) is 1.42. The van der Waals surface area contributed by atoms with Gasteiger partial charge in [0.25, 0.3) is 0 Å². The second kappa shape index (κ2) is 5.67. The summed E-state index contributed by atoms with van der Waals surface area (Å²) in [6.07, 6.45) is 0.819. The van der Waals surface area contributed by atoms with Crippen LogP contribution in [0, 0.1) is 0 Å². The van der Waals surface area contributed by atoms with Gasteiger partial charge in [0, 0.05) is 5.25 Å². The predicted molar refractivity (Wildman–Crippen MR) is 80.7 cm³/mol. The van der Waals surface area contributed by atoms with E-state index in [4.69, 9.17) is 0 Å². The van der Waals surface area contributed by atoms with E-state index in [1.165, 1.54) is 10.8 Å². The van der Waals surface area contributed by atoms with Crippen LogP contribution in [-0.2, 0) is 6.42 Å². The predicted octanol–water partition coefficient (Wildman–Crippen LogP) is 4.05. The maximum atomic E-state index is 11.3. The van der Waals surface area contributed by atoms with Gasteiger partial charge in [-0.15, -0.1) is 11.7 Å². The minimum absolute atomic E-state index is 0.358. The van der Waals surface area contributed by atoms with E-state index in [2.05, 4.69) is 24.7 Å². The molecule has 0 saturated carbocycles. The molecule has 1 atom stereocenters. The van der Waals surface area contributed by atoms with E-state index in [9.17, 15) is 9.90 Å². The molecule has 2 nitrogen and oxygen atoms in total. The Morgan fingerprint density at radius 3 is 2.78 bits per heavy atom. The zero-order valence-electron chi connectivity index (χ0n) is 9.96. The summed E-state index contributed by atoms with van der Waals surface area (Å²) in [6.45, 7) is 2.08. The van der Waals surface area contributed by atoms with Crippen LogP contribution >= 0.6 is 22.5 Å². The van der Waals surface area contributed by atoms with Gasteiger partial charge < -0.3 is 5.11 Å². The van der Waals surface area contributed by atoms with Gasteiger partial charge in [-0.1, -0.05) is 48.0 Å². The number of carboxylic acids is 1. The molecule has 1 N–H and O–H groups in total. The second-order valence-corrected chi connectivity index (χ2v) is 5.94. The summed E-state index contributed by atoms with van der Waals surface area (Å²) >= 11 is 4.19. The SMILES string of the molecule is CC(Cc1cc(C(=O)O)c2ccccc2c1)SS. The smallest absolute Gasteiger partial charge is 0.336 e. The Morgan fingerprint density at radius 2 is 2.11 bits per heavy atom. The lowest BCUT2D eigenvalue weighted by Gasteiger charge is -2.10. The van der Waals surface area contributed by atoms with Crippen molar-refractivity contribution in [2.75, 3.05) is 0 Å². The fourth-order valence-electron chi connectivity index (χ4n) is 2.04. The number of aromatic carboxylic acids is 1. The molecule has 0 saturated heterocycles. The van der Waals surface area contributed by atoms with Crippen molar-refractivity contribution in [2.24, 2.45) is 0 Å². The number of fused-ring (bicyclic) bond motifs is 1. The molecule has 4 heteroatoms. The molecule has 0 fully saturated rings. The van der Waals surface area contributed by atoms with Crippen LogP contribution in [0.25, 0.3) is 10.8 Å². The largest absolute Gasteiger partial charge is 0.478 e. The van der Waals surface area contributed by atoms with Crippen molar-refractivity contribution >= 4 is 39.2 Å². The van der Waals surface area contributed by atoms with Crippen molar-refractivity contribution in [3.05, 3.63) is 47.5 Å². The van der Waals surface area contributed by atoms with Crippen LogP contribution in [-0.4, -0.2) is 16.3 Å². The third-order valence-corrected chi connectivity index (χ3v) is 4.46. The van der Waals surface area contributed by atoms with Gasteiger partial charge in [-0.25, -0.2) is 4.79 Å². The van der Waals surface area contributed by atoms with Crippen molar-refractivity contribution in [1.82, 2.24) is 0 Å². The highest BCUT2D eigenvalue weighted by molar-refractivity contribution is 8.68. The zero-order valence-corrected chi connectivity index (χ0v) is 11.7. The molecule has 18 heavy (non-hydrogen) atoms. The van der Waals surface area contributed by atoms with Gasteiger partial charge >= 0.3 is 5.97 Å². The molecule has 0 aliphatic rings. The highest BCUT2D eigenvalue weighted by atomic mass is 33.1. The third-order valence-electron chi connectivity index (χ3n) is 2.86. The molecule has 2 aromatic rings. The van der Waals surface area contributed by atoms with Crippen LogP contribution in [0.1, 0.15) is 22.8 Å². The number of rotatable bonds is 4. The minimum Gasteiger partial charge on any atom is -0.478 e. The van der Waals surface area contributed by atoms with E-state index >= 15 is 0 Å². The monoisotopic (exact) mass is 278 g/mol. The summed E-state index contributed by atoms with van der Waals surface area (Å²) in [5.74, 6) is -0.876. The van der Waals surface area contributed by atoms with Crippen LogP contribution in [0.3, 0.4) is 0 Å². The number of hydrogen-bond donors (Lipinski definition) is 2. The molecule has 1 unspecified atom stereocenters. The first kappa shape index (κ1) is 13.3. The number of carboxylic acid groups (broad SMARTS) is 1. The van der Waals surface area contributed by atoms with E-state index in [0.717, 1.165) is 22.8 Å². The Labute approximate surface area is 115 Å². The minimum atomic E-state index is -0.876. The summed E-state index contributed by atoms with van der Waals surface area (Å²) < 4.78 is 0. The fraction of sp³-hybridized carbons (Fsp3) is 0.214. The first-order valence-corrected chi connectivity index (χ1v) is 7.60. The van der Waals surface area contributed by atoms with Gasteiger partial charge in [-0.05, 0) is 28.8 Å². The van der Waals surface area contributed by atoms with Crippen molar-refractivity contribution in [2.45, 2.75) is 18.6 Å². The van der Waals surface area contributed by atoms with E-state index in [0.29, 0.717) is 10.8 Å². The topological polar surface area (TPSA) is 37.3 Å². The second-order valence-electron chi connectivity index (χ2n) is 4.29. The van der Waals surface area contributed by atoms with Crippen LogP contribution in [0.5, 0.6) is 0 Å². The van der Waals surface area contributed by atoms with E-state index < -0.39 is 5.97 Å². The molecular formula is C14H14O2S2. The highest BCUT2D eigenvalue weighted by Crippen LogP contribution is 2.25. The fourth-order valence-corrected chi connectivity index (χ4v) is 2.53. The van der Waals surface area contributed by atoms with Crippen molar-refractivity contribution in [1.29, 1.82) is 0 Å². The Morgan fingerprint density at radius 1 is 1.39 bits per heavy atom. The van der Waals surface area contributed by atoms with Gasteiger partial charge in [0.2, 0.25) is 0 Å². The van der Waals surface area contributed by atoms with E-state index in [1.54, 1.807) is 6.07 Å². The van der Waals surface area contributed by atoms with Crippen LogP contribution in [0.2, 0.25) is 0 Å². The van der Waals surface area contributed by atoms with Crippen LogP contribution < -0.4 is 0 Å². The first-order valence-electron chi connectivity index (χ1n) is 5.67. The van der Waals surface area contributed by atoms with E-state index in [-0.39, 0.29) is 0 Å². The number of thiol groups is 1. The van der Waals surface area contributed by atoms with Crippen molar-refractivity contribution in [3.63, 3.8) is 0 Å². The lowest BCUT2D eigenvalue weighted by molar-refractivity contribution is 0.0699. The normalized spacial score (nSPS) is 12.6. The van der Waals surface area contributed by atoms with Gasteiger partial charge in [0.1, 0.15) is 0 Å². The van der Waals surface area contributed by atoms with Gasteiger partial charge in [-0.3, -0.25) is 0 Å². The summed E-state index contributed by atoms with van der Waals surface area (Å²) in [5, 5.41) is 11.4. The zero-order chi connectivity index (χ0) is 13.1. The Bertz CT molecular complexity index is 581. The number of carbonyl (C=O) groups is 1. The summed E-state index contributed by atoms with van der Waals surface area (Å²) in [7, 11) is 1.49. The Kier molecular flexibility index (Phi) is 4.19. The average Bonchev–Trinajstić information content (AvgIpc) is 2.37. The third kappa shape index (κ3) is 2.82. The number of benzene rings is 2. The Hall–Kier alpha value is -1.13. The molecule has 0 radical (unpaired) electrons. The molecule has 2 aromatic carbocycles. The molecular weight excluding hydrogens is 264 g/mol. The highest BCUT2D eigenvalue weighted by Gasteiger charge is 2.11. The molecule has 94 valence electrons. The van der Waals surface area contributed by atoms with Gasteiger partial charge in [0.15, 0.2) is 0 Å². The first-order chi connectivity index (χ1) is 8.61. The lowest BCUT2D eigenvalue weighted by atomic mass is 9.99. The molecule has 0 aliphatic heterocycles. The summed E-state index contributed by atoms with van der Waals surface area (Å²) in [6, 6.07) is 11.4.